The Morgan fingerprint density at radius 2 is 1.67 bits per heavy atom. The lowest BCUT2D eigenvalue weighted by Crippen LogP contribution is -2.08. The van der Waals surface area contributed by atoms with E-state index < -0.39 is 0 Å². The lowest BCUT2D eigenvalue weighted by atomic mass is 10.1. The zero-order valence-electron chi connectivity index (χ0n) is 13.1. The molecule has 0 aromatic heterocycles. The number of aromatic hydroxyl groups is 1. The van der Waals surface area contributed by atoms with Crippen LogP contribution in [0.2, 0.25) is 0 Å². The molecule has 2 rings (SSSR count). The van der Waals surface area contributed by atoms with Gasteiger partial charge in [0.2, 0.25) is 0 Å². The maximum atomic E-state index is 9.56. The molecule has 3 heteroatoms. The van der Waals surface area contributed by atoms with Gasteiger partial charge in [-0.3, -0.25) is 0 Å². The Kier molecular flexibility index (Phi) is 4.73. The summed E-state index contributed by atoms with van der Waals surface area (Å²) in [7, 11) is 0. The quantitative estimate of drug-likeness (QED) is 0.785. The fourth-order valence-electron chi connectivity index (χ4n) is 2.19. The van der Waals surface area contributed by atoms with Gasteiger partial charge in [-0.05, 0) is 69.2 Å². The number of hydrogen-bond acceptors (Lipinski definition) is 3. The van der Waals surface area contributed by atoms with E-state index in [0.717, 1.165) is 17.0 Å². The second-order valence-electron chi connectivity index (χ2n) is 5.60. The minimum absolute atomic E-state index is 0.182. The van der Waals surface area contributed by atoms with E-state index in [1.165, 1.54) is 5.56 Å². The highest BCUT2D eigenvalue weighted by atomic mass is 16.5. The molecule has 0 bridgehead atoms. The SMILES string of the molecule is Cc1cc(NC(C)c2ccc(OC(C)C)cc2)ccc1O. The predicted molar refractivity (Wildman–Crippen MR) is 87.1 cm³/mol. The number of anilines is 1. The molecule has 0 aliphatic rings. The molecule has 0 aliphatic heterocycles. The molecule has 1 unspecified atom stereocenters. The molecule has 1 atom stereocenters. The summed E-state index contributed by atoms with van der Waals surface area (Å²) in [5, 5.41) is 13.0. The molecule has 0 saturated heterocycles. The van der Waals surface area contributed by atoms with Crippen LogP contribution in [-0.4, -0.2) is 11.2 Å². The van der Waals surface area contributed by atoms with Crippen LogP contribution in [0.15, 0.2) is 42.5 Å². The zero-order chi connectivity index (χ0) is 15.4. The number of ether oxygens (including phenoxy) is 1. The van der Waals surface area contributed by atoms with Crippen molar-refractivity contribution < 1.29 is 9.84 Å². The second-order valence-corrected chi connectivity index (χ2v) is 5.60. The van der Waals surface area contributed by atoms with Crippen molar-refractivity contribution in [2.24, 2.45) is 0 Å². The highest BCUT2D eigenvalue weighted by molar-refractivity contribution is 5.51. The fraction of sp³-hybridized carbons (Fsp3) is 0.333. The van der Waals surface area contributed by atoms with Crippen molar-refractivity contribution in [2.75, 3.05) is 5.32 Å². The summed E-state index contributed by atoms with van der Waals surface area (Å²) < 4.78 is 5.65. The van der Waals surface area contributed by atoms with Crippen molar-refractivity contribution in [3.05, 3.63) is 53.6 Å². The van der Waals surface area contributed by atoms with E-state index in [-0.39, 0.29) is 12.1 Å². The number of nitrogens with one attached hydrogen (secondary N) is 1. The molecule has 0 fully saturated rings. The van der Waals surface area contributed by atoms with Crippen LogP contribution in [0.25, 0.3) is 0 Å². The van der Waals surface area contributed by atoms with E-state index in [2.05, 4.69) is 24.4 Å². The summed E-state index contributed by atoms with van der Waals surface area (Å²) in [4.78, 5) is 0. The first kappa shape index (κ1) is 15.2. The third kappa shape index (κ3) is 4.15. The number of benzene rings is 2. The Balaban J connectivity index is 2.05. The van der Waals surface area contributed by atoms with Crippen LogP contribution < -0.4 is 10.1 Å². The molecule has 0 heterocycles. The molecule has 0 spiro atoms. The Bertz CT molecular complexity index is 591. The first-order valence-corrected chi connectivity index (χ1v) is 7.28. The monoisotopic (exact) mass is 285 g/mol. The van der Waals surface area contributed by atoms with Gasteiger partial charge < -0.3 is 15.2 Å². The lowest BCUT2D eigenvalue weighted by molar-refractivity contribution is 0.242. The van der Waals surface area contributed by atoms with Gasteiger partial charge in [-0.15, -0.1) is 0 Å². The van der Waals surface area contributed by atoms with E-state index in [0.29, 0.717) is 5.75 Å². The second kappa shape index (κ2) is 6.53. The van der Waals surface area contributed by atoms with Crippen molar-refractivity contribution in [1.29, 1.82) is 0 Å². The van der Waals surface area contributed by atoms with E-state index >= 15 is 0 Å². The Labute approximate surface area is 126 Å². The first-order chi connectivity index (χ1) is 9.95. The first-order valence-electron chi connectivity index (χ1n) is 7.28. The molecular formula is C18H23NO2. The maximum Gasteiger partial charge on any atom is 0.119 e. The molecule has 0 radical (unpaired) electrons. The average Bonchev–Trinajstić information content (AvgIpc) is 2.43. The lowest BCUT2D eigenvalue weighted by Gasteiger charge is -2.17. The number of rotatable bonds is 5. The summed E-state index contributed by atoms with van der Waals surface area (Å²) in [5.41, 5.74) is 3.06. The van der Waals surface area contributed by atoms with Crippen LogP contribution in [0.4, 0.5) is 5.69 Å². The minimum atomic E-state index is 0.182. The van der Waals surface area contributed by atoms with Crippen molar-refractivity contribution in [3.8, 4) is 11.5 Å². The van der Waals surface area contributed by atoms with Crippen molar-refractivity contribution in [2.45, 2.75) is 39.8 Å². The summed E-state index contributed by atoms with van der Waals surface area (Å²) in [6.45, 7) is 8.04. The van der Waals surface area contributed by atoms with E-state index in [1.54, 1.807) is 6.07 Å². The average molecular weight is 285 g/mol. The number of aryl methyl sites for hydroxylation is 1. The van der Waals surface area contributed by atoms with Gasteiger partial charge in [-0.2, -0.15) is 0 Å². The molecule has 0 aliphatic carbocycles. The van der Waals surface area contributed by atoms with Crippen LogP contribution in [0, 0.1) is 6.92 Å². The topological polar surface area (TPSA) is 41.5 Å². The highest BCUT2D eigenvalue weighted by Crippen LogP contribution is 2.25. The van der Waals surface area contributed by atoms with Gasteiger partial charge in [0.1, 0.15) is 11.5 Å². The van der Waals surface area contributed by atoms with Gasteiger partial charge in [-0.1, -0.05) is 12.1 Å². The maximum absolute atomic E-state index is 9.56. The molecule has 0 amide bonds. The molecule has 2 aromatic rings. The Hall–Kier alpha value is -2.16. The summed E-state index contributed by atoms with van der Waals surface area (Å²) in [5.74, 6) is 1.21. The number of phenolic OH excluding ortho intramolecular Hbond substituents is 1. The van der Waals surface area contributed by atoms with E-state index in [9.17, 15) is 5.11 Å². The molecular weight excluding hydrogens is 262 g/mol. The molecule has 2 aromatic carbocycles. The van der Waals surface area contributed by atoms with Crippen molar-refractivity contribution >= 4 is 5.69 Å². The summed E-state index contributed by atoms with van der Waals surface area (Å²) >= 11 is 0. The Morgan fingerprint density at radius 3 is 2.24 bits per heavy atom. The van der Waals surface area contributed by atoms with Crippen LogP contribution in [0.1, 0.15) is 37.9 Å². The van der Waals surface area contributed by atoms with Gasteiger partial charge in [0, 0.05) is 11.7 Å². The van der Waals surface area contributed by atoms with Crippen LogP contribution >= 0.6 is 0 Å². The van der Waals surface area contributed by atoms with Gasteiger partial charge in [0.15, 0.2) is 0 Å². The molecule has 0 saturated carbocycles. The highest BCUT2D eigenvalue weighted by Gasteiger charge is 2.07. The third-order valence-electron chi connectivity index (χ3n) is 3.33. The number of phenols is 1. The standard InChI is InChI=1S/C18H23NO2/c1-12(2)21-17-8-5-15(6-9-17)14(4)19-16-7-10-18(20)13(3)11-16/h5-12,14,19-20H,1-4H3. The minimum Gasteiger partial charge on any atom is -0.508 e. The van der Waals surface area contributed by atoms with Crippen molar-refractivity contribution in [3.63, 3.8) is 0 Å². The van der Waals surface area contributed by atoms with Crippen LogP contribution in [0.5, 0.6) is 11.5 Å². The predicted octanol–water partition coefficient (Wildman–Crippen LogP) is 4.66. The normalized spacial score (nSPS) is 12.2. The summed E-state index contributed by atoms with van der Waals surface area (Å²) in [6.07, 6.45) is 0.186. The fourth-order valence-corrected chi connectivity index (χ4v) is 2.19. The van der Waals surface area contributed by atoms with Gasteiger partial charge in [0.25, 0.3) is 0 Å². The van der Waals surface area contributed by atoms with E-state index in [4.69, 9.17) is 4.74 Å². The number of hydrogen-bond donors (Lipinski definition) is 2. The molecule has 21 heavy (non-hydrogen) atoms. The Morgan fingerprint density at radius 1 is 1.00 bits per heavy atom. The molecule has 112 valence electrons. The largest absolute Gasteiger partial charge is 0.508 e. The molecule has 2 N–H and O–H groups in total. The van der Waals surface area contributed by atoms with Gasteiger partial charge in [0.05, 0.1) is 6.10 Å². The summed E-state index contributed by atoms with van der Waals surface area (Å²) in [6, 6.07) is 13.9. The van der Waals surface area contributed by atoms with Crippen molar-refractivity contribution in [1.82, 2.24) is 0 Å². The third-order valence-corrected chi connectivity index (χ3v) is 3.33. The smallest absolute Gasteiger partial charge is 0.119 e. The van der Waals surface area contributed by atoms with E-state index in [1.807, 2.05) is 45.0 Å². The van der Waals surface area contributed by atoms with Crippen LogP contribution in [-0.2, 0) is 0 Å². The van der Waals surface area contributed by atoms with Crippen LogP contribution in [0.3, 0.4) is 0 Å². The van der Waals surface area contributed by atoms with Gasteiger partial charge in [-0.25, -0.2) is 0 Å². The van der Waals surface area contributed by atoms with Gasteiger partial charge >= 0.3 is 0 Å². The zero-order valence-corrected chi connectivity index (χ0v) is 13.1. The molecule has 3 nitrogen and oxygen atoms in total.